The van der Waals surface area contributed by atoms with Crippen molar-refractivity contribution >= 4 is 11.7 Å². The summed E-state index contributed by atoms with van der Waals surface area (Å²) in [7, 11) is 0. The first-order valence-corrected chi connectivity index (χ1v) is 8.46. The van der Waals surface area contributed by atoms with E-state index in [-0.39, 0.29) is 12.7 Å². The third-order valence-corrected chi connectivity index (χ3v) is 3.98. The number of amides is 2. The lowest BCUT2D eigenvalue weighted by molar-refractivity contribution is 0.000200. The number of ether oxygens (including phenoxy) is 2. The number of carbonyl (C=O) groups is 1. The Bertz CT molecular complexity index is 706. The number of anilines is 1. The van der Waals surface area contributed by atoms with Crippen LogP contribution in [-0.2, 0) is 0 Å². The highest BCUT2D eigenvalue weighted by atomic mass is 19.1. The van der Waals surface area contributed by atoms with E-state index < -0.39 is 12.2 Å². The van der Waals surface area contributed by atoms with E-state index in [1.165, 1.54) is 0 Å². The lowest BCUT2D eigenvalue weighted by Crippen LogP contribution is -2.55. The van der Waals surface area contributed by atoms with Gasteiger partial charge in [-0.2, -0.15) is 0 Å². The maximum atomic E-state index is 14.0. The molecule has 1 saturated heterocycles. The third-order valence-electron chi connectivity index (χ3n) is 3.98. The summed E-state index contributed by atoms with van der Waals surface area (Å²) in [6, 6.07) is 15.6. The molecule has 2 aromatic rings. The molecule has 1 aliphatic rings. The third kappa shape index (κ3) is 5.35. The summed E-state index contributed by atoms with van der Waals surface area (Å²) in [6.07, 6.45) is -1.01. The zero-order valence-electron chi connectivity index (χ0n) is 14.3. The number of carbonyl (C=O) groups excluding carboxylic acids is 1. The number of halogens is 1. The van der Waals surface area contributed by atoms with Crippen LogP contribution in [0, 0.1) is 0 Å². The van der Waals surface area contributed by atoms with Crippen molar-refractivity contribution in [3.8, 4) is 11.5 Å². The molecule has 0 aromatic heterocycles. The summed E-state index contributed by atoms with van der Waals surface area (Å²) in [6.45, 7) is 1.72. The Morgan fingerprint density at radius 2 is 1.85 bits per heavy atom. The number of alkyl halides is 1. The molecule has 7 heteroatoms. The van der Waals surface area contributed by atoms with E-state index in [9.17, 15) is 9.18 Å². The Hall–Kier alpha value is -2.80. The number of hydrogen-bond donors (Lipinski definition) is 2. The molecule has 1 aliphatic heterocycles. The van der Waals surface area contributed by atoms with Crippen molar-refractivity contribution in [3.05, 3.63) is 54.6 Å². The summed E-state index contributed by atoms with van der Waals surface area (Å²) >= 11 is 0. The van der Waals surface area contributed by atoms with Crippen LogP contribution in [0.2, 0.25) is 0 Å². The number of nitrogens with two attached hydrogens (primary N) is 1. The quantitative estimate of drug-likeness (QED) is 0.760. The van der Waals surface area contributed by atoms with Crippen molar-refractivity contribution in [3.63, 3.8) is 0 Å². The molecule has 1 atom stereocenters. The van der Waals surface area contributed by atoms with E-state index in [2.05, 4.69) is 5.32 Å². The second-order valence-corrected chi connectivity index (χ2v) is 6.19. The van der Waals surface area contributed by atoms with Crippen molar-refractivity contribution in [2.24, 2.45) is 5.73 Å². The second kappa shape index (κ2) is 8.53. The van der Waals surface area contributed by atoms with Crippen LogP contribution in [0.15, 0.2) is 54.6 Å². The van der Waals surface area contributed by atoms with Gasteiger partial charge in [0.2, 0.25) is 0 Å². The highest BCUT2D eigenvalue weighted by molar-refractivity contribution is 5.87. The SMILES string of the molecule is NC(=O)Nc1ccc(OC2CN(CC(F)COc3ccccc3)C2)cc1. The Morgan fingerprint density at radius 1 is 1.15 bits per heavy atom. The van der Waals surface area contributed by atoms with Crippen LogP contribution >= 0.6 is 0 Å². The molecule has 138 valence electrons. The molecule has 0 spiro atoms. The molecular weight excluding hydrogens is 337 g/mol. The van der Waals surface area contributed by atoms with E-state index in [0.717, 1.165) is 0 Å². The minimum atomic E-state index is -1.05. The van der Waals surface area contributed by atoms with Crippen molar-refractivity contribution in [2.45, 2.75) is 12.3 Å². The molecule has 26 heavy (non-hydrogen) atoms. The first-order chi connectivity index (χ1) is 12.6. The molecular formula is C19H22FN3O3. The van der Waals surface area contributed by atoms with Crippen LogP contribution < -0.4 is 20.5 Å². The van der Waals surface area contributed by atoms with Gasteiger partial charge in [-0.1, -0.05) is 18.2 Å². The summed E-state index contributed by atoms with van der Waals surface area (Å²) < 4.78 is 25.2. The number of nitrogens with one attached hydrogen (secondary N) is 1. The van der Waals surface area contributed by atoms with Crippen LogP contribution in [0.1, 0.15) is 0 Å². The van der Waals surface area contributed by atoms with Gasteiger partial charge in [0, 0.05) is 25.3 Å². The Kier molecular flexibility index (Phi) is 5.91. The molecule has 1 unspecified atom stereocenters. The molecule has 0 aliphatic carbocycles. The predicted molar refractivity (Wildman–Crippen MR) is 97.3 cm³/mol. The molecule has 3 N–H and O–H groups in total. The maximum Gasteiger partial charge on any atom is 0.316 e. The zero-order chi connectivity index (χ0) is 18.4. The van der Waals surface area contributed by atoms with Gasteiger partial charge in [0.25, 0.3) is 0 Å². The lowest BCUT2D eigenvalue weighted by Gasteiger charge is -2.39. The highest BCUT2D eigenvalue weighted by Gasteiger charge is 2.30. The van der Waals surface area contributed by atoms with Gasteiger partial charge in [-0.25, -0.2) is 9.18 Å². The van der Waals surface area contributed by atoms with Crippen LogP contribution in [0.25, 0.3) is 0 Å². The number of likely N-dealkylation sites (tertiary alicyclic amines) is 1. The first-order valence-electron chi connectivity index (χ1n) is 8.46. The number of nitrogens with zero attached hydrogens (tertiary/aromatic N) is 1. The van der Waals surface area contributed by atoms with E-state index in [1.807, 2.05) is 35.2 Å². The fourth-order valence-corrected chi connectivity index (χ4v) is 2.73. The summed E-state index contributed by atoms with van der Waals surface area (Å²) in [5, 5.41) is 2.49. The number of hydrogen-bond acceptors (Lipinski definition) is 4. The average Bonchev–Trinajstić information content (AvgIpc) is 2.60. The monoisotopic (exact) mass is 359 g/mol. The Balaban J connectivity index is 1.34. The van der Waals surface area contributed by atoms with Gasteiger partial charge in [0.15, 0.2) is 0 Å². The van der Waals surface area contributed by atoms with E-state index in [4.69, 9.17) is 15.2 Å². The molecule has 2 amide bonds. The van der Waals surface area contributed by atoms with E-state index in [1.54, 1.807) is 24.3 Å². The van der Waals surface area contributed by atoms with Crippen molar-refractivity contribution in [1.29, 1.82) is 0 Å². The largest absolute Gasteiger partial charge is 0.491 e. The van der Waals surface area contributed by atoms with E-state index in [0.29, 0.717) is 36.8 Å². The van der Waals surface area contributed by atoms with Gasteiger partial charge < -0.3 is 20.5 Å². The van der Waals surface area contributed by atoms with Gasteiger partial charge in [-0.3, -0.25) is 4.90 Å². The smallest absolute Gasteiger partial charge is 0.316 e. The van der Waals surface area contributed by atoms with Crippen LogP contribution in [0.3, 0.4) is 0 Å². The van der Waals surface area contributed by atoms with Gasteiger partial charge in [-0.15, -0.1) is 0 Å². The van der Waals surface area contributed by atoms with Gasteiger partial charge in [-0.05, 0) is 36.4 Å². The summed E-state index contributed by atoms with van der Waals surface area (Å²) in [5.74, 6) is 1.38. The van der Waals surface area contributed by atoms with Crippen molar-refractivity contribution in [1.82, 2.24) is 4.90 Å². The minimum Gasteiger partial charge on any atom is -0.491 e. The van der Waals surface area contributed by atoms with Gasteiger partial charge in [0.1, 0.15) is 30.4 Å². The average molecular weight is 359 g/mol. The first kappa shape index (κ1) is 18.0. The fourth-order valence-electron chi connectivity index (χ4n) is 2.73. The second-order valence-electron chi connectivity index (χ2n) is 6.19. The maximum absolute atomic E-state index is 14.0. The van der Waals surface area contributed by atoms with Gasteiger partial charge >= 0.3 is 6.03 Å². The molecule has 6 nitrogen and oxygen atoms in total. The standard InChI is InChI=1S/C19H22FN3O3/c20-14(13-25-16-4-2-1-3-5-16)10-23-11-18(12-23)26-17-8-6-15(7-9-17)22-19(21)24/h1-9,14,18H,10-13H2,(H3,21,22,24). The Labute approximate surface area is 151 Å². The number of rotatable bonds is 8. The highest BCUT2D eigenvalue weighted by Crippen LogP contribution is 2.21. The molecule has 2 aromatic carbocycles. The summed E-state index contributed by atoms with van der Waals surface area (Å²) in [5.41, 5.74) is 5.67. The molecule has 0 radical (unpaired) electrons. The zero-order valence-corrected chi connectivity index (χ0v) is 14.3. The molecule has 0 bridgehead atoms. The van der Waals surface area contributed by atoms with Crippen molar-refractivity contribution < 1.29 is 18.7 Å². The molecule has 1 heterocycles. The van der Waals surface area contributed by atoms with Crippen LogP contribution in [0.4, 0.5) is 14.9 Å². The number of benzene rings is 2. The van der Waals surface area contributed by atoms with Crippen molar-refractivity contribution in [2.75, 3.05) is 31.6 Å². The molecule has 1 fully saturated rings. The number of para-hydroxylation sites is 1. The Morgan fingerprint density at radius 3 is 2.50 bits per heavy atom. The van der Waals surface area contributed by atoms with Crippen LogP contribution in [-0.4, -0.2) is 49.4 Å². The molecule has 0 saturated carbocycles. The molecule has 3 rings (SSSR count). The fraction of sp³-hybridized carbons (Fsp3) is 0.316. The van der Waals surface area contributed by atoms with Crippen LogP contribution in [0.5, 0.6) is 11.5 Å². The predicted octanol–water partition coefficient (Wildman–Crippen LogP) is 2.66. The minimum absolute atomic E-state index is 0.0344. The van der Waals surface area contributed by atoms with Gasteiger partial charge in [0.05, 0.1) is 0 Å². The lowest BCUT2D eigenvalue weighted by atomic mass is 10.1. The summed E-state index contributed by atoms with van der Waals surface area (Å²) in [4.78, 5) is 12.8. The number of primary amides is 1. The van der Waals surface area contributed by atoms with E-state index >= 15 is 0 Å². The topological polar surface area (TPSA) is 76.8 Å². The number of urea groups is 1. The normalized spacial score (nSPS) is 15.7.